The Labute approximate surface area is 104 Å². The van der Waals surface area contributed by atoms with E-state index in [9.17, 15) is 0 Å². The Morgan fingerprint density at radius 2 is 2.06 bits per heavy atom. The molecular formula is C14H22N2O. The van der Waals surface area contributed by atoms with Crippen molar-refractivity contribution in [1.29, 1.82) is 0 Å². The van der Waals surface area contributed by atoms with Crippen LogP contribution in [0.25, 0.3) is 0 Å². The summed E-state index contributed by atoms with van der Waals surface area (Å²) in [5.74, 6) is 0.918. The van der Waals surface area contributed by atoms with E-state index in [0.29, 0.717) is 12.1 Å². The van der Waals surface area contributed by atoms with Crippen molar-refractivity contribution in [2.75, 3.05) is 27.2 Å². The lowest BCUT2D eigenvalue weighted by Crippen LogP contribution is -2.33. The highest BCUT2D eigenvalue weighted by Gasteiger charge is 2.20. The van der Waals surface area contributed by atoms with E-state index in [-0.39, 0.29) is 0 Å². The number of nitrogens with zero attached hydrogens (tertiary/aromatic N) is 1. The molecule has 1 aliphatic heterocycles. The lowest BCUT2D eigenvalue weighted by molar-refractivity contribution is 0.387. The second kappa shape index (κ2) is 5.52. The predicted molar refractivity (Wildman–Crippen MR) is 70.4 cm³/mol. The molecule has 1 heterocycles. The van der Waals surface area contributed by atoms with Crippen LogP contribution in [0.15, 0.2) is 24.3 Å². The van der Waals surface area contributed by atoms with Crippen LogP contribution in [0.2, 0.25) is 0 Å². The molecule has 1 aromatic rings. The second-order valence-electron chi connectivity index (χ2n) is 4.91. The van der Waals surface area contributed by atoms with Gasteiger partial charge in [0.1, 0.15) is 5.75 Å². The summed E-state index contributed by atoms with van der Waals surface area (Å²) in [6, 6.07) is 9.34. The summed E-state index contributed by atoms with van der Waals surface area (Å²) in [6.45, 7) is 4.58. The van der Waals surface area contributed by atoms with Crippen molar-refractivity contribution in [1.82, 2.24) is 10.2 Å². The van der Waals surface area contributed by atoms with Crippen LogP contribution < -0.4 is 10.1 Å². The Morgan fingerprint density at radius 1 is 1.35 bits per heavy atom. The second-order valence-corrected chi connectivity index (χ2v) is 4.91. The molecule has 0 bridgehead atoms. The van der Waals surface area contributed by atoms with Gasteiger partial charge in [-0.25, -0.2) is 0 Å². The Bertz CT molecular complexity index is 350. The quantitative estimate of drug-likeness (QED) is 0.863. The first kappa shape index (κ1) is 12.4. The van der Waals surface area contributed by atoms with Gasteiger partial charge in [0.15, 0.2) is 0 Å². The number of hydrogen-bond acceptors (Lipinski definition) is 3. The van der Waals surface area contributed by atoms with Crippen molar-refractivity contribution < 1.29 is 4.74 Å². The fraction of sp³-hybridized carbons (Fsp3) is 0.571. The van der Waals surface area contributed by atoms with Crippen molar-refractivity contribution >= 4 is 0 Å². The van der Waals surface area contributed by atoms with E-state index < -0.39 is 0 Å². The van der Waals surface area contributed by atoms with Crippen LogP contribution in [0.3, 0.4) is 0 Å². The van der Waals surface area contributed by atoms with Gasteiger partial charge in [0.25, 0.3) is 0 Å². The van der Waals surface area contributed by atoms with E-state index in [0.717, 1.165) is 12.3 Å². The van der Waals surface area contributed by atoms with Crippen molar-refractivity contribution in [2.24, 2.45) is 0 Å². The zero-order chi connectivity index (χ0) is 12.3. The van der Waals surface area contributed by atoms with Crippen LogP contribution in [0.1, 0.15) is 24.9 Å². The minimum absolute atomic E-state index is 0.400. The van der Waals surface area contributed by atoms with Crippen molar-refractivity contribution in [3.63, 3.8) is 0 Å². The normalized spacial score (nSPS) is 22.6. The monoisotopic (exact) mass is 234 g/mol. The minimum atomic E-state index is 0.400. The number of rotatable bonds is 4. The van der Waals surface area contributed by atoms with Crippen LogP contribution in [0, 0.1) is 0 Å². The number of ether oxygens (including phenoxy) is 1. The molecule has 3 heteroatoms. The molecule has 2 rings (SSSR count). The molecule has 1 saturated heterocycles. The molecule has 1 aromatic carbocycles. The van der Waals surface area contributed by atoms with Gasteiger partial charge in [-0.2, -0.15) is 0 Å². The lowest BCUT2D eigenvalue weighted by Gasteiger charge is -2.20. The summed E-state index contributed by atoms with van der Waals surface area (Å²) in [7, 11) is 3.88. The van der Waals surface area contributed by atoms with Gasteiger partial charge in [0.05, 0.1) is 7.11 Å². The number of hydrogen-bond donors (Lipinski definition) is 1. The van der Waals surface area contributed by atoms with Gasteiger partial charge in [-0.15, -0.1) is 0 Å². The van der Waals surface area contributed by atoms with Gasteiger partial charge in [-0.3, -0.25) is 0 Å². The maximum atomic E-state index is 5.17. The molecule has 0 saturated carbocycles. The van der Waals surface area contributed by atoms with Gasteiger partial charge in [-0.1, -0.05) is 12.1 Å². The van der Waals surface area contributed by atoms with E-state index in [1.165, 1.54) is 18.5 Å². The smallest absolute Gasteiger partial charge is 0.118 e. The molecule has 1 unspecified atom stereocenters. The van der Waals surface area contributed by atoms with E-state index in [2.05, 4.69) is 36.3 Å². The van der Waals surface area contributed by atoms with Crippen LogP contribution in [0.4, 0.5) is 0 Å². The highest BCUT2D eigenvalue weighted by atomic mass is 16.5. The molecule has 1 N–H and O–H groups in total. The molecule has 0 aliphatic carbocycles. The third-order valence-corrected chi connectivity index (χ3v) is 3.49. The standard InChI is InChI=1S/C14H22N2O/c1-11(15-13-8-9-16(2)10-13)12-4-6-14(17-3)7-5-12/h4-7,11,13,15H,8-10H2,1-3H3/t11-,13?/m1/s1. The van der Waals surface area contributed by atoms with E-state index in [4.69, 9.17) is 4.74 Å². The molecule has 0 spiro atoms. The summed E-state index contributed by atoms with van der Waals surface area (Å²) in [5, 5.41) is 3.68. The third kappa shape index (κ3) is 3.20. The molecule has 1 aliphatic rings. The maximum absolute atomic E-state index is 5.17. The zero-order valence-electron chi connectivity index (χ0n) is 10.9. The molecule has 3 nitrogen and oxygen atoms in total. The third-order valence-electron chi connectivity index (χ3n) is 3.49. The average molecular weight is 234 g/mol. The van der Waals surface area contributed by atoms with E-state index in [1.807, 2.05) is 12.1 Å². The van der Waals surface area contributed by atoms with Crippen molar-refractivity contribution in [2.45, 2.75) is 25.4 Å². The van der Waals surface area contributed by atoms with Gasteiger partial charge >= 0.3 is 0 Å². The van der Waals surface area contributed by atoms with Crippen molar-refractivity contribution in [3.8, 4) is 5.75 Å². The number of benzene rings is 1. The Kier molecular flexibility index (Phi) is 4.02. The van der Waals surface area contributed by atoms with Crippen molar-refractivity contribution in [3.05, 3.63) is 29.8 Å². The average Bonchev–Trinajstić information content (AvgIpc) is 2.75. The molecular weight excluding hydrogens is 212 g/mol. The van der Waals surface area contributed by atoms with Gasteiger partial charge in [-0.05, 0) is 44.6 Å². The Morgan fingerprint density at radius 3 is 2.59 bits per heavy atom. The first-order valence-electron chi connectivity index (χ1n) is 6.27. The molecule has 94 valence electrons. The topological polar surface area (TPSA) is 24.5 Å². The van der Waals surface area contributed by atoms with Crippen LogP contribution >= 0.6 is 0 Å². The molecule has 0 amide bonds. The highest BCUT2D eigenvalue weighted by molar-refractivity contribution is 5.28. The Hall–Kier alpha value is -1.06. The molecule has 17 heavy (non-hydrogen) atoms. The number of methoxy groups -OCH3 is 1. The SMILES string of the molecule is COc1ccc([C@@H](C)NC2CCN(C)C2)cc1. The van der Waals surface area contributed by atoms with Gasteiger partial charge in [0, 0.05) is 18.6 Å². The number of likely N-dealkylation sites (tertiary alicyclic amines) is 1. The molecule has 2 atom stereocenters. The first-order chi connectivity index (χ1) is 8.19. The van der Waals surface area contributed by atoms with Gasteiger partial charge in [0.2, 0.25) is 0 Å². The van der Waals surface area contributed by atoms with Gasteiger partial charge < -0.3 is 15.0 Å². The highest BCUT2D eigenvalue weighted by Crippen LogP contribution is 2.19. The molecule has 1 fully saturated rings. The Balaban J connectivity index is 1.92. The maximum Gasteiger partial charge on any atom is 0.118 e. The first-order valence-corrected chi connectivity index (χ1v) is 6.27. The summed E-state index contributed by atoms with van der Waals surface area (Å²) >= 11 is 0. The largest absolute Gasteiger partial charge is 0.497 e. The lowest BCUT2D eigenvalue weighted by atomic mass is 10.1. The van der Waals surface area contributed by atoms with E-state index in [1.54, 1.807) is 7.11 Å². The predicted octanol–water partition coefficient (Wildman–Crippen LogP) is 2.05. The number of likely N-dealkylation sites (N-methyl/N-ethyl adjacent to an activating group) is 1. The molecule has 0 aromatic heterocycles. The van der Waals surface area contributed by atoms with Crippen LogP contribution in [-0.4, -0.2) is 38.2 Å². The summed E-state index contributed by atoms with van der Waals surface area (Å²) in [6.07, 6.45) is 1.25. The molecule has 0 radical (unpaired) electrons. The summed E-state index contributed by atoms with van der Waals surface area (Å²) in [5.41, 5.74) is 1.32. The summed E-state index contributed by atoms with van der Waals surface area (Å²) in [4.78, 5) is 2.37. The fourth-order valence-electron chi connectivity index (χ4n) is 2.41. The van der Waals surface area contributed by atoms with Crippen LogP contribution in [0.5, 0.6) is 5.75 Å². The van der Waals surface area contributed by atoms with E-state index >= 15 is 0 Å². The minimum Gasteiger partial charge on any atom is -0.497 e. The number of nitrogens with one attached hydrogen (secondary N) is 1. The fourth-order valence-corrected chi connectivity index (χ4v) is 2.41. The summed E-state index contributed by atoms with van der Waals surface area (Å²) < 4.78 is 5.17. The zero-order valence-corrected chi connectivity index (χ0v) is 10.9. The van der Waals surface area contributed by atoms with Crippen LogP contribution in [-0.2, 0) is 0 Å².